The Morgan fingerprint density at radius 3 is 2.67 bits per heavy atom. The number of aromatic nitrogens is 4. The highest BCUT2D eigenvalue weighted by Gasteiger charge is 2.18. The van der Waals surface area contributed by atoms with Crippen molar-refractivity contribution in [3.05, 3.63) is 59.9 Å². The van der Waals surface area contributed by atoms with Gasteiger partial charge in [-0.3, -0.25) is 9.48 Å². The third-order valence-corrected chi connectivity index (χ3v) is 4.70. The summed E-state index contributed by atoms with van der Waals surface area (Å²) >= 11 is 0. The van der Waals surface area contributed by atoms with E-state index >= 15 is 0 Å². The standard InChI is InChI=1S/C20H21N5O2/c26-20(27)10-7-16-13-17-14-24(11-4-12-25(17)23-16)19-9-8-18(21-22-19)15-5-2-1-3-6-15/h1-3,5-6,8-9,13H,4,7,10-12,14H2,(H,26,27). The minimum atomic E-state index is -0.798. The summed E-state index contributed by atoms with van der Waals surface area (Å²) in [5.41, 5.74) is 3.82. The molecule has 0 radical (unpaired) electrons. The summed E-state index contributed by atoms with van der Waals surface area (Å²) < 4.78 is 1.99. The molecule has 0 fully saturated rings. The molecule has 1 aliphatic rings. The predicted molar refractivity (Wildman–Crippen MR) is 101 cm³/mol. The van der Waals surface area contributed by atoms with E-state index < -0.39 is 5.97 Å². The summed E-state index contributed by atoms with van der Waals surface area (Å²) in [5, 5.41) is 22.2. The van der Waals surface area contributed by atoms with Crippen LogP contribution in [0.2, 0.25) is 0 Å². The Morgan fingerprint density at radius 1 is 1.07 bits per heavy atom. The molecule has 2 aromatic heterocycles. The first-order valence-corrected chi connectivity index (χ1v) is 9.10. The first-order valence-electron chi connectivity index (χ1n) is 9.10. The maximum Gasteiger partial charge on any atom is 0.303 e. The summed E-state index contributed by atoms with van der Waals surface area (Å²) in [4.78, 5) is 13.0. The number of carboxylic acids is 1. The van der Waals surface area contributed by atoms with Crippen molar-refractivity contribution in [2.24, 2.45) is 0 Å². The normalized spacial score (nSPS) is 13.9. The van der Waals surface area contributed by atoms with Crippen LogP contribution in [0.1, 0.15) is 24.2 Å². The number of fused-ring (bicyclic) bond motifs is 1. The molecule has 1 aromatic carbocycles. The van der Waals surface area contributed by atoms with Crippen molar-refractivity contribution in [3.63, 3.8) is 0 Å². The van der Waals surface area contributed by atoms with Gasteiger partial charge in [-0.15, -0.1) is 10.2 Å². The SMILES string of the molecule is O=C(O)CCc1cc2n(n1)CCCN(c1ccc(-c3ccccc3)nn1)C2. The number of carbonyl (C=O) groups is 1. The van der Waals surface area contributed by atoms with Gasteiger partial charge in [-0.1, -0.05) is 30.3 Å². The van der Waals surface area contributed by atoms with E-state index in [4.69, 9.17) is 5.11 Å². The number of anilines is 1. The van der Waals surface area contributed by atoms with Crippen molar-refractivity contribution in [1.29, 1.82) is 0 Å². The molecule has 4 rings (SSSR count). The van der Waals surface area contributed by atoms with Gasteiger partial charge in [-0.05, 0) is 24.6 Å². The third kappa shape index (κ3) is 3.97. The quantitative estimate of drug-likeness (QED) is 0.750. The molecule has 0 spiro atoms. The second-order valence-corrected chi connectivity index (χ2v) is 6.66. The second-order valence-electron chi connectivity index (χ2n) is 6.66. The molecule has 0 aliphatic carbocycles. The third-order valence-electron chi connectivity index (χ3n) is 4.70. The fourth-order valence-electron chi connectivity index (χ4n) is 3.33. The lowest BCUT2D eigenvalue weighted by Crippen LogP contribution is -2.23. The lowest BCUT2D eigenvalue weighted by atomic mass is 10.1. The molecular formula is C20H21N5O2. The van der Waals surface area contributed by atoms with Crippen molar-refractivity contribution in [2.75, 3.05) is 11.4 Å². The molecule has 0 amide bonds. The summed E-state index contributed by atoms with van der Waals surface area (Å²) in [6.45, 7) is 2.40. The minimum Gasteiger partial charge on any atom is -0.481 e. The number of nitrogens with zero attached hydrogens (tertiary/aromatic N) is 5. The van der Waals surface area contributed by atoms with Gasteiger partial charge in [0, 0.05) is 25.1 Å². The van der Waals surface area contributed by atoms with Crippen molar-refractivity contribution >= 4 is 11.8 Å². The van der Waals surface area contributed by atoms with E-state index in [1.165, 1.54) is 0 Å². The molecule has 0 saturated carbocycles. The molecule has 0 saturated heterocycles. The summed E-state index contributed by atoms with van der Waals surface area (Å²) in [6.07, 6.45) is 1.52. The largest absolute Gasteiger partial charge is 0.481 e. The highest BCUT2D eigenvalue weighted by atomic mass is 16.4. The molecule has 0 bridgehead atoms. The van der Waals surface area contributed by atoms with Crippen LogP contribution in [0, 0.1) is 0 Å². The fourth-order valence-corrected chi connectivity index (χ4v) is 3.33. The molecule has 27 heavy (non-hydrogen) atoms. The molecule has 7 nitrogen and oxygen atoms in total. The minimum absolute atomic E-state index is 0.104. The highest BCUT2D eigenvalue weighted by Crippen LogP contribution is 2.22. The van der Waals surface area contributed by atoms with Gasteiger partial charge >= 0.3 is 5.97 Å². The molecule has 3 heterocycles. The molecule has 7 heteroatoms. The summed E-state index contributed by atoms with van der Waals surface area (Å²) in [7, 11) is 0. The van der Waals surface area contributed by atoms with Gasteiger partial charge in [-0.2, -0.15) is 5.10 Å². The van der Waals surface area contributed by atoms with Crippen molar-refractivity contribution in [1.82, 2.24) is 20.0 Å². The number of rotatable bonds is 5. The predicted octanol–water partition coefficient (Wildman–Crippen LogP) is 2.77. The molecular weight excluding hydrogens is 342 g/mol. The van der Waals surface area contributed by atoms with Gasteiger partial charge in [0.1, 0.15) is 0 Å². The Balaban J connectivity index is 1.50. The Hall–Kier alpha value is -3.22. The van der Waals surface area contributed by atoms with Gasteiger partial charge < -0.3 is 10.0 Å². The van der Waals surface area contributed by atoms with E-state index in [1.807, 2.05) is 53.2 Å². The van der Waals surface area contributed by atoms with Gasteiger partial charge in [0.15, 0.2) is 5.82 Å². The van der Waals surface area contributed by atoms with Crippen LogP contribution in [0.15, 0.2) is 48.5 Å². The fraction of sp³-hybridized carbons (Fsp3) is 0.300. The van der Waals surface area contributed by atoms with E-state index in [0.29, 0.717) is 13.0 Å². The number of benzene rings is 1. The van der Waals surface area contributed by atoms with Crippen LogP contribution in [0.3, 0.4) is 0 Å². The van der Waals surface area contributed by atoms with Crippen molar-refractivity contribution in [3.8, 4) is 11.3 Å². The van der Waals surface area contributed by atoms with Crippen LogP contribution in [0.4, 0.5) is 5.82 Å². The van der Waals surface area contributed by atoms with Crippen molar-refractivity contribution < 1.29 is 9.90 Å². The number of hydrogen-bond acceptors (Lipinski definition) is 5. The van der Waals surface area contributed by atoms with E-state index in [-0.39, 0.29) is 6.42 Å². The number of carboxylic acid groups (broad SMARTS) is 1. The maximum absolute atomic E-state index is 10.8. The molecule has 138 valence electrons. The Morgan fingerprint density at radius 2 is 1.93 bits per heavy atom. The molecule has 1 aliphatic heterocycles. The molecule has 0 unspecified atom stereocenters. The van der Waals surface area contributed by atoms with E-state index in [9.17, 15) is 4.79 Å². The van der Waals surface area contributed by atoms with Crippen LogP contribution in [-0.2, 0) is 24.3 Å². The first-order chi connectivity index (χ1) is 13.2. The van der Waals surface area contributed by atoms with Crippen LogP contribution < -0.4 is 4.90 Å². The lowest BCUT2D eigenvalue weighted by molar-refractivity contribution is -0.136. The van der Waals surface area contributed by atoms with Crippen LogP contribution >= 0.6 is 0 Å². The van der Waals surface area contributed by atoms with Gasteiger partial charge in [-0.25, -0.2) is 0 Å². The number of aryl methyl sites for hydroxylation is 2. The second kappa shape index (κ2) is 7.57. The Bertz CT molecular complexity index is 921. The monoisotopic (exact) mass is 363 g/mol. The number of aliphatic carboxylic acids is 1. The zero-order chi connectivity index (χ0) is 18.6. The average Bonchev–Trinajstić information content (AvgIpc) is 2.97. The lowest BCUT2D eigenvalue weighted by Gasteiger charge is -2.20. The van der Waals surface area contributed by atoms with E-state index in [0.717, 1.165) is 48.0 Å². The number of hydrogen-bond donors (Lipinski definition) is 1. The Labute approximate surface area is 157 Å². The Kier molecular flexibility index (Phi) is 4.82. The van der Waals surface area contributed by atoms with Crippen molar-refractivity contribution in [2.45, 2.75) is 32.4 Å². The molecule has 3 aromatic rings. The maximum atomic E-state index is 10.8. The highest BCUT2D eigenvalue weighted by molar-refractivity contribution is 5.67. The topological polar surface area (TPSA) is 84.1 Å². The summed E-state index contributed by atoms with van der Waals surface area (Å²) in [6, 6.07) is 16.0. The van der Waals surface area contributed by atoms with Gasteiger partial charge in [0.2, 0.25) is 0 Å². The smallest absolute Gasteiger partial charge is 0.303 e. The van der Waals surface area contributed by atoms with Crippen LogP contribution in [-0.4, -0.2) is 37.6 Å². The van der Waals surface area contributed by atoms with E-state index in [2.05, 4.69) is 20.2 Å². The van der Waals surface area contributed by atoms with Crippen LogP contribution in [0.25, 0.3) is 11.3 Å². The van der Waals surface area contributed by atoms with Crippen LogP contribution in [0.5, 0.6) is 0 Å². The average molecular weight is 363 g/mol. The van der Waals surface area contributed by atoms with Gasteiger partial charge in [0.25, 0.3) is 0 Å². The van der Waals surface area contributed by atoms with E-state index in [1.54, 1.807) is 0 Å². The zero-order valence-corrected chi connectivity index (χ0v) is 15.0. The summed E-state index contributed by atoms with van der Waals surface area (Å²) in [5.74, 6) is 0.0463. The first kappa shape index (κ1) is 17.2. The zero-order valence-electron chi connectivity index (χ0n) is 15.0. The van der Waals surface area contributed by atoms with Gasteiger partial charge in [0.05, 0.1) is 30.0 Å². The molecule has 1 N–H and O–H groups in total. The molecule has 0 atom stereocenters.